The van der Waals surface area contributed by atoms with Crippen LogP contribution < -0.4 is 5.32 Å². The molecule has 0 spiro atoms. The number of ether oxygens (including phenoxy) is 1. The Bertz CT molecular complexity index is 245. The molecule has 15 heavy (non-hydrogen) atoms. The highest BCUT2D eigenvalue weighted by atomic mass is 16.5. The van der Waals surface area contributed by atoms with Gasteiger partial charge in [-0.3, -0.25) is 5.32 Å². The Morgan fingerprint density at radius 3 is 2.67 bits per heavy atom. The normalized spacial score (nSPS) is 46.2. The van der Waals surface area contributed by atoms with Crippen LogP contribution in [0.3, 0.4) is 0 Å². The fourth-order valence-corrected chi connectivity index (χ4v) is 3.57. The fourth-order valence-electron chi connectivity index (χ4n) is 3.57. The molecule has 1 aliphatic heterocycles. The van der Waals surface area contributed by atoms with E-state index in [0.717, 1.165) is 12.6 Å². The van der Waals surface area contributed by atoms with Gasteiger partial charge < -0.3 is 4.74 Å². The van der Waals surface area contributed by atoms with E-state index in [1.807, 2.05) is 0 Å². The molecule has 2 nitrogen and oxygen atoms in total. The lowest BCUT2D eigenvalue weighted by Gasteiger charge is -2.34. The van der Waals surface area contributed by atoms with E-state index in [1.165, 1.54) is 51.4 Å². The van der Waals surface area contributed by atoms with Crippen LogP contribution in [0.4, 0.5) is 0 Å². The van der Waals surface area contributed by atoms with Crippen molar-refractivity contribution in [3.05, 3.63) is 0 Å². The molecule has 1 heterocycles. The van der Waals surface area contributed by atoms with Gasteiger partial charge in [0.1, 0.15) is 5.72 Å². The molecule has 1 N–H and O–H groups in total. The van der Waals surface area contributed by atoms with Gasteiger partial charge >= 0.3 is 0 Å². The Balaban J connectivity index is 1.62. The molecule has 0 amide bonds. The summed E-state index contributed by atoms with van der Waals surface area (Å²) in [4.78, 5) is 0. The van der Waals surface area contributed by atoms with Crippen molar-refractivity contribution in [1.82, 2.24) is 5.32 Å². The molecule has 2 heteroatoms. The quantitative estimate of drug-likeness (QED) is 0.755. The molecule has 0 aromatic rings. The van der Waals surface area contributed by atoms with Crippen molar-refractivity contribution in [2.24, 2.45) is 5.41 Å². The Hall–Kier alpha value is -0.0800. The fraction of sp³-hybridized carbons (Fsp3) is 1.00. The molecular formula is C13H23NO. The highest BCUT2D eigenvalue weighted by Gasteiger charge is 2.67. The van der Waals surface area contributed by atoms with Crippen LogP contribution in [-0.4, -0.2) is 18.4 Å². The van der Waals surface area contributed by atoms with Gasteiger partial charge in [0.05, 0.1) is 0 Å². The second-order valence-electron chi connectivity index (χ2n) is 6.00. The van der Waals surface area contributed by atoms with Crippen molar-refractivity contribution < 1.29 is 4.74 Å². The van der Waals surface area contributed by atoms with Crippen molar-refractivity contribution in [1.29, 1.82) is 0 Å². The van der Waals surface area contributed by atoms with Crippen LogP contribution in [0.2, 0.25) is 0 Å². The number of rotatable bonds is 2. The van der Waals surface area contributed by atoms with Crippen LogP contribution >= 0.6 is 0 Å². The van der Waals surface area contributed by atoms with Gasteiger partial charge in [0.25, 0.3) is 0 Å². The first-order chi connectivity index (χ1) is 7.24. The first-order valence-corrected chi connectivity index (χ1v) is 6.66. The zero-order chi connectivity index (χ0) is 10.4. The molecule has 2 atom stereocenters. The minimum atomic E-state index is 0.0905. The molecule has 0 radical (unpaired) electrons. The van der Waals surface area contributed by atoms with Gasteiger partial charge in [-0.1, -0.05) is 26.2 Å². The second kappa shape index (κ2) is 3.46. The molecule has 3 rings (SSSR count). The van der Waals surface area contributed by atoms with E-state index in [4.69, 9.17) is 4.74 Å². The van der Waals surface area contributed by atoms with Crippen LogP contribution in [0.25, 0.3) is 0 Å². The van der Waals surface area contributed by atoms with Crippen molar-refractivity contribution in [3.8, 4) is 0 Å². The third-order valence-electron chi connectivity index (χ3n) is 4.75. The number of hydrogen-bond acceptors (Lipinski definition) is 2. The lowest BCUT2D eigenvalue weighted by molar-refractivity contribution is -0.0592. The standard InChI is InChI=1S/C13H23NO/c1-12-8-5-9-15-13(12,10-12)14-11-6-3-2-4-7-11/h11,14H,2-10H2,1H3. The minimum absolute atomic E-state index is 0.0905. The molecule has 86 valence electrons. The molecule has 0 aromatic heterocycles. The van der Waals surface area contributed by atoms with E-state index < -0.39 is 0 Å². The molecule has 0 aromatic carbocycles. The maximum absolute atomic E-state index is 6.03. The monoisotopic (exact) mass is 209 g/mol. The van der Waals surface area contributed by atoms with E-state index in [0.29, 0.717) is 5.41 Å². The first kappa shape index (κ1) is 10.1. The topological polar surface area (TPSA) is 21.3 Å². The zero-order valence-corrected chi connectivity index (χ0v) is 9.85. The maximum atomic E-state index is 6.03. The summed E-state index contributed by atoms with van der Waals surface area (Å²) >= 11 is 0. The molecule has 3 aliphatic rings. The van der Waals surface area contributed by atoms with Gasteiger partial charge in [0, 0.05) is 18.1 Å². The summed E-state index contributed by atoms with van der Waals surface area (Å²) < 4.78 is 6.03. The second-order valence-corrected chi connectivity index (χ2v) is 6.00. The predicted octanol–water partition coefficient (Wildman–Crippen LogP) is 2.83. The number of nitrogens with one attached hydrogen (secondary N) is 1. The van der Waals surface area contributed by atoms with Gasteiger partial charge in [-0.05, 0) is 32.1 Å². The third kappa shape index (κ3) is 1.62. The Kier molecular flexibility index (Phi) is 2.33. The molecular weight excluding hydrogens is 186 g/mol. The minimum Gasteiger partial charge on any atom is -0.360 e. The smallest absolute Gasteiger partial charge is 0.125 e. The summed E-state index contributed by atoms with van der Waals surface area (Å²) in [7, 11) is 0. The third-order valence-corrected chi connectivity index (χ3v) is 4.75. The predicted molar refractivity (Wildman–Crippen MR) is 60.6 cm³/mol. The van der Waals surface area contributed by atoms with Crippen LogP contribution in [-0.2, 0) is 4.74 Å². The zero-order valence-electron chi connectivity index (χ0n) is 9.85. The summed E-state index contributed by atoms with van der Waals surface area (Å²) in [5.74, 6) is 0. The van der Waals surface area contributed by atoms with Gasteiger partial charge in [0.15, 0.2) is 0 Å². The Labute approximate surface area is 92.8 Å². The molecule has 0 bridgehead atoms. The molecule has 1 saturated heterocycles. The van der Waals surface area contributed by atoms with Gasteiger partial charge in [-0.2, -0.15) is 0 Å². The summed E-state index contributed by atoms with van der Waals surface area (Å²) in [6, 6.07) is 0.735. The highest BCUT2D eigenvalue weighted by molar-refractivity contribution is 5.15. The highest BCUT2D eigenvalue weighted by Crippen LogP contribution is 2.62. The van der Waals surface area contributed by atoms with E-state index in [-0.39, 0.29) is 5.72 Å². The molecule has 2 aliphatic carbocycles. The average Bonchev–Trinajstić information content (AvgIpc) is 2.85. The summed E-state index contributed by atoms with van der Waals surface area (Å²) in [6.45, 7) is 3.36. The largest absolute Gasteiger partial charge is 0.360 e. The van der Waals surface area contributed by atoms with Crippen molar-refractivity contribution in [3.63, 3.8) is 0 Å². The van der Waals surface area contributed by atoms with E-state index >= 15 is 0 Å². The van der Waals surface area contributed by atoms with Crippen LogP contribution in [0.5, 0.6) is 0 Å². The van der Waals surface area contributed by atoms with E-state index in [1.54, 1.807) is 0 Å². The van der Waals surface area contributed by atoms with Gasteiger partial charge in [0.2, 0.25) is 0 Å². The maximum Gasteiger partial charge on any atom is 0.125 e. The van der Waals surface area contributed by atoms with E-state index in [2.05, 4.69) is 12.2 Å². The van der Waals surface area contributed by atoms with Crippen molar-refractivity contribution >= 4 is 0 Å². The number of hydrogen-bond donors (Lipinski definition) is 1. The average molecular weight is 209 g/mol. The van der Waals surface area contributed by atoms with Crippen LogP contribution in [0, 0.1) is 5.41 Å². The lowest BCUT2D eigenvalue weighted by Crippen LogP contribution is -2.48. The SMILES string of the molecule is CC12CCCOC1(NC1CCCCC1)C2. The van der Waals surface area contributed by atoms with Crippen molar-refractivity contribution in [2.45, 2.75) is 70.1 Å². The lowest BCUT2D eigenvalue weighted by atomic mass is 9.93. The van der Waals surface area contributed by atoms with Crippen molar-refractivity contribution in [2.75, 3.05) is 6.61 Å². The molecule has 2 saturated carbocycles. The Morgan fingerprint density at radius 1 is 1.13 bits per heavy atom. The summed E-state index contributed by atoms with van der Waals surface area (Å²) in [5, 5.41) is 3.83. The molecule has 2 unspecified atom stereocenters. The van der Waals surface area contributed by atoms with Gasteiger partial charge in [-0.15, -0.1) is 0 Å². The van der Waals surface area contributed by atoms with Crippen LogP contribution in [0.15, 0.2) is 0 Å². The van der Waals surface area contributed by atoms with Crippen LogP contribution in [0.1, 0.15) is 58.3 Å². The Morgan fingerprint density at radius 2 is 1.93 bits per heavy atom. The molecule has 3 fully saturated rings. The van der Waals surface area contributed by atoms with Gasteiger partial charge in [-0.25, -0.2) is 0 Å². The first-order valence-electron chi connectivity index (χ1n) is 6.66. The number of fused-ring (bicyclic) bond motifs is 1. The summed E-state index contributed by atoms with van der Waals surface area (Å²) in [6.07, 6.45) is 10.8. The van der Waals surface area contributed by atoms with E-state index in [9.17, 15) is 0 Å². The summed E-state index contributed by atoms with van der Waals surface area (Å²) in [5.41, 5.74) is 0.552.